The molecule has 0 saturated heterocycles. The Kier molecular flexibility index (Phi) is 10.7. The number of ether oxygens (including phenoxy) is 2. The lowest BCUT2D eigenvalue weighted by Gasteiger charge is -2.28. The first-order valence-corrected chi connectivity index (χ1v) is 16.7. The molecule has 0 atom stereocenters. The second kappa shape index (κ2) is 13.9. The average molecular weight is 697 g/mol. The summed E-state index contributed by atoms with van der Waals surface area (Å²) in [6.45, 7) is 4.79. The molecule has 0 saturated carbocycles. The topological polar surface area (TPSA) is 73.7 Å². The molecule has 0 fully saturated rings. The normalized spacial score (nSPS) is 12.5. The van der Waals surface area contributed by atoms with Gasteiger partial charge in [-0.3, -0.25) is 4.57 Å². The summed E-state index contributed by atoms with van der Waals surface area (Å²) in [6.07, 6.45) is 2.30. The molecule has 3 aromatic carbocycles. The number of quaternary nitrogens is 1. The van der Waals surface area contributed by atoms with Crippen molar-refractivity contribution < 1.29 is 31.2 Å². The number of sulfonamides is 1. The molecule has 1 heterocycles. The maximum atomic E-state index is 15.4. The van der Waals surface area contributed by atoms with Crippen molar-refractivity contribution in [1.29, 1.82) is 0 Å². The van der Waals surface area contributed by atoms with Gasteiger partial charge in [0.25, 0.3) is 0 Å². The van der Waals surface area contributed by atoms with Crippen LogP contribution in [0.25, 0.3) is 5.69 Å². The molecule has 0 N–H and O–H groups in total. The highest BCUT2D eigenvalue weighted by molar-refractivity contribution is 7.89. The zero-order valence-electron chi connectivity index (χ0n) is 26.9. The number of benzene rings is 3. The second-order valence-electron chi connectivity index (χ2n) is 12.5. The molecule has 0 aliphatic heterocycles. The van der Waals surface area contributed by atoms with E-state index < -0.39 is 27.1 Å². The minimum Gasteiger partial charge on any atom is -0.495 e. The van der Waals surface area contributed by atoms with Crippen LogP contribution in [0.4, 0.5) is 8.78 Å². The van der Waals surface area contributed by atoms with Gasteiger partial charge in [-0.1, -0.05) is 43.1 Å². The van der Waals surface area contributed by atoms with Gasteiger partial charge in [0.2, 0.25) is 10.0 Å². The fourth-order valence-electron chi connectivity index (χ4n) is 5.04. The van der Waals surface area contributed by atoms with E-state index >= 15 is 4.39 Å². The molecule has 4 rings (SSSR count). The number of nitrogens with zero attached hydrogens (tertiary/aromatic N) is 4. The quantitative estimate of drug-likeness (QED) is 0.140. The Morgan fingerprint density at radius 3 is 2.28 bits per heavy atom. The summed E-state index contributed by atoms with van der Waals surface area (Å²) < 4.78 is 70.6. The summed E-state index contributed by atoms with van der Waals surface area (Å²) in [5.41, 5.74) is 1.54. The Morgan fingerprint density at radius 1 is 1.00 bits per heavy atom. The number of aromatic nitrogens is 2. The zero-order chi connectivity index (χ0) is 34.0. The summed E-state index contributed by atoms with van der Waals surface area (Å²) in [5, 5.41) is 0.263. The van der Waals surface area contributed by atoms with Crippen molar-refractivity contribution in [2.75, 3.05) is 48.4 Å². The third-order valence-electron chi connectivity index (χ3n) is 7.76. The molecular weight excluding hydrogens is 657 g/mol. The van der Waals surface area contributed by atoms with E-state index in [4.69, 9.17) is 32.7 Å². The fraction of sp³-hybridized carbons (Fsp3) is 0.364. The van der Waals surface area contributed by atoms with Gasteiger partial charge < -0.3 is 14.0 Å². The molecular formula is C33H39Cl2F2N4O4S+. The van der Waals surface area contributed by atoms with E-state index in [2.05, 4.69) is 4.98 Å². The van der Waals surface area contributed by atoms with Gasteiger partial charge in [0, 0.05) is 37.3 Å². The SMILES string of the molecule is COc1cc(C(C)(C)c2cnc(COc3c(F)cc(S(=O)(=O)N(C)CCC[N+](C)(C)C)cc3Cl)n2-c2ccc(F)cc2)ccc1Cl. The Hall–Kier alpha value is -3.22. The van der Waals surface area contributed by atoms with Crippen LogP contribution in [0.1, 0.15) is 37.4 Å². The number of imidazole rings is 1. The van der Waals surface area contributed by atoms with Crippen LogP contribution in [-0.2, 0) is 22.0 Å². The van der Waals surface area contributed by atoms with E-state index in [9.17, 15) is 12.8 Å². The minimum absolute atomic E-state index is 0.202. The standard InChI is InChI=1S/C33H39Cl2F2N4O4S/c1-33(2,22-9-14-26(34)29(17-22)44-7)30-20-38-31(40(30)24-12-10-23(36)11-13-24)21-45-32-27(35)18-25(19-28(32)37)46(42,43)39(3)15-8-16-41(4,5)6/h9-14,17-20H,8,15-16,21H2,1-7H3/q+1. The Labute approximate surface area is 279 Å². The van der Waals surface area contributed by atoms with Crippen LogP contribution in [0.5, 0.6) is 11.5 Å². The van der Waals surface area contributed by atoms with E-state index in [1.54, 1.807) is 29.0 Å². The molecule has 8 nitrogen and oxygen atoms in total. The molecule has 1 aromatic heterocycles. The summed E-state index contributed by atoms with van der Waals surface area (Å²) in [7, 11) is 5.06. The predicted octanol–water partition coefficient (Wildman–Crippen LogP) is 7.09. The summed E-state index contributed by atoms with van der Waals surface area (Å²) in [5.74, 6) is -0.771. The van der Waals surface area contributed by atoms with Crippen LogP contribution >= 0.6 is 23.2 Å². The first-order chi connectivity index (χ1) is 21.5. The number of methoxy groups -OCH3 is 1. The Bertz CT molecular complexity index is 1780. The maximum absolute atomic E-state index is 15.4. The molecule has 0 bridgehead atoms. The van der Waals surface area contributed by atoms with Crippen LogP contribution in [0.2, 0.25) is 10.0 Å². The Morgan fingerprint density at radius 2 is 1.67 bits per heavy atom. The molecule has 0 spiro atoms. The molecule has 13 heteroatoms. The van der Waals surface area contributed by atoms with Crippen LogP contribution in [-0.4, -0.2) is 75.1 Å². The first-order valence-electron chi connectivity index (χ1n) is 14.5. The highest BCUT2D eigenvalue weighted by atomic mass is 35.5. The first kappa shape index (κ1) is 35.6. The number of halogens is 4. The lowest BCUT2D eigenvalue weighted by molar-refractivity contribution is -0.870. The van der Waals surface area contributed by atoms with E-state index in [-0.39, 0.29) is 28.8 Å². The number of hydrogen-bond acceptors (Lipinski definition) is 5. The molecule has 0 radical (unpaired) electrons. The third kappa shape index (κ3) is 7.83. The molecule has 46 heavy (non-hydrogen) atoms. The summed E-state index contributed by atoms with van der Waals surface area (Å²) in [4.78, 5) is 4.31. The van der Waals surface area contributed by atoms with Crippen LogP contribution in [0.3, 0.4) is 0 Å². The van der Waals surface area contributed by atoms with Crippen molar-refractivity contribution in [3.63, 3.8) is 0 Å². The average Bonchev–Trinajstić information content (AvgIpc) is 3.41. The van der Waals surface area contributed by atoms with Crippen molar-refractivity contribution in [3.8, 4) is 17.2 Å². The molecule has 0 unspecified atom stereocenters. The summed E-state index contributed by atoms with van der Waals surface area (Å²) in [6, 6.07) is 13.4. The largest absolute Gasteiger partial charge is 0.495 e. The fourth-order valence-corrected chi connectivity index (χ4v) is 6.81. The minimum atomic E-state index is -4.00. The van der Waals surface area contributed by atoms with Gasteiger partial charge in [0.05, 0.1) is 55.4 Å². The van der Waals surface area contributed by atoms with Gasteiger partial charge in [-0.2, -0.15) is 0 Å². The van der Waals surface area contributed by atoms with Gasteiger partial charge in [-0.05, 0) is 54.1 Å². The lowest BCUT2D eigenvalue weighted by Crippen LogP contribution is -2.38. The predicted molar refractivity (Wildman–Crippen MR) is 177 cm³/mol. The van der Waals surface area contributed by atoms with Crippen molar-refractivity contribution in [2.45, 2.75) is 37.2 Å². The van der Waals surface area contributed by atoms with Crippen LogP contribution in [0.15, 0.2) is 65.7 Å². The van der Waals surface area contributed by atoms with Gasteiger partial charge in [0.1, 0.15) is 18.2 Å². The molecule has 0 amide bonds. The Balaban J connectivity index is 1.66. The van der Waals surface area contributed by atoms with Crippen molar-refractivity contribution in [3.05, 3.63) is 99.6 Å². The zero-order valence-corrected chi connectivity index (χ0v) is 29.3. The molecule has 4 aromatic rings. The van der Waals surface area contributed by atoms with Gasteiger partial charge in [-0.25, -0.2) is 26.5 Å². The smallest absolute Gasteiger partial charge is 0.242 e. The number of hydrogen-bond donors (Lipinski definition) is 0. The summed E-state index contributed by atoms with van der Waals surface area (Å²) >= 11 is 12.7. The van der Waals surface area contributed by atoms with E-state index in [1.165, 1.54) is 36.7 Å². The van der Waals surface area contributed by atoms with E-state index in [0.717, 1.165) is 23.9 Å². The maximum Gasteiger partial charge on any atom is 0.242 e. The van der Waals surface area contributed by atoms with E-state index in [0.29, 0.717) is 33.2 Å². The molecule has 248 valence electrons. The number of rotatable bonds is 13. The van der Waals surface area contributed by atoms with Crippen LogP contribution in [0, 0.1) is 11.6 Å². The third-order valence-corrected chi connectivity index (χ3v) is 10.2. The molecule has 0 aliphatic rings. The van der Waals surface area contributed by atoms with Gasteiger partial charge in [0.15, 0.2) is 17.4 Å². The van der Waals surface area contributed by atoms with Crippen molar-refractivity contribution in [2.24, 2.45) is 0 Å². The van der Waals surface area contributed by atoms with Crippen LogP contribution < -0.4 is 9.47 Å². The van der Waals surface area contributed by atoms with E-state index in [1.807, 2.05) is 47.1 Å². The van der Waals surface area contributed by atoms with Crippen molar-refractivity contribution in [1.82, 2.24) is 13.9 Å². The lowest BCUT2D eigenvalue weighted by atomic mass is 9.81. The molecule has 0 aliphatic carbocycles. The second-order valence-corrected chi connectivity index (χ2v) is 15.4. The monoisotopic (exact) mass is 695 g/mol. The van der Waals surface area contributed by atoms with Crippen molar-refractivity contribution >= 4 is 33.2 Å². The highest BCUT2D eigenvalue weighted by Gasteiger charge is 2.31. The van der Waals surface area contributed by atoms with Gasteiger partial charge >= 0.3 is 0 Å². The highest BCUT2D eigenvalue weighted by Crippen LogP contribution is 2.38. The van der Waals surface area contributed by atoms with Gasteiger partial charge in [-0.15, -0.1) is 0 Å².